The Kier molecular flexibility index (Phi) is 5.93. The highest BCUT2D eigenvalue weighted by Gasteiger charge is 2.33. The predicted octanol–water partition coefficient (Wildman–Crippen LogP) is 3.67. The zero-order chi connectivity index (χ0) is 21.5. The van der Waals surface area contributed by atoms with Crippen LogP contribution in [0, 0.1) is 11.7 Å². The van der Waals surface area contributed by atoms with E-state index in [0.29, 0.717) is 24.2 Å². The van der Waals surface area contributed by atoms with Gasteiger partial charge in [0.2, 0.25) is 10.0 Å². The normalized spacial score (nSPS) is 18.8. The Morgan fingerprint density at radius 1 is 1.23 bits per heavy atom. The van der Waals surface area contributed by atoms with E-state index in [9.17, 15) is 17.6 Å². The molecule has 158 valence electrons. The summed E-state index contributed by atoms with van der Waals surface area (Å²) in [6.45, 7) is 0.399. The Hall–Kier alpha value is -1.88. The average molecular weight is 512 g/mol. The van der Waals surface area contributed by atoms with Gasteiger partial charge in [0, 0.05) is 24.6 Å². The van der Waals surface area contributed by atoms with E-state index in [1.165, 1.54) is 27.8 Å². The van der Waals surface area contributed by atoms with E-state index in [1.54, 1.807) is 0 Å². The number of aryl methyl sites for hydroxylation is 1. The highest BCUT2D eigenvalue weighted by Crippen LogP contribution is 2.25. The molecule has 2 aromatic carbocycles. The molecule has 1 atom stereocenters. The third-order valence-corrected chi connectivity index (χ3v) is 8.63. The number of sulfonamides is 1. The van der Waals surface area contributed by atoms with Crippen LogP contribution in [-0.4, -0.2) is 36.3 Å². The molecule has 1 aromatic heterocycles. The number of carbonyl (C=O) groups excluding carboxylic acids is 1. The molecule has 4 rings (SSSR count). The molecule has 0 N–H and O–H groups in total. The predicted molar refractivity (Wildman–Crippen MR) is 117 cm³/mol. The topological polar surface area (TPSA) is 71.7 Å². The van der Waals surface area contributed by atoms with E-state index in [4.69, 9.17) is 0 Å². The number of amides is 1. The fourth-order valence-corrected chi connectivity index (χ4v) is 6.62. The van der Waals surface area contributed by atoms with Gasteiger partial charge in [0.25, 0.3) is 5.91 Å². The van der Waals surface area contributed by atoms with Gasteiger partial charge in [-0.3, -0.25) is 4.79 Å². The number of nitrogens with zero attached hydrogens (tertiary/aromatic N) is 3. The Labute approximate surface area is 185 Å². The Morgan fingerprint density at radius 3 is 2.70 bits per heavy atom. The lowest BCUT2D eigenvalue weighted by Gasteiger charge is -2.30. The maximum absolute atomic E-state index is 13.2. The van der Waals surface area contributed by atoms with E-state index in [2.05, 4.69) is 20.9 Å². The molecule has 0 bridgehead atoms. The molecule has 0 radical (unpaired) electrons. The van der Waals surface area contributed by atoms with Crippen LogP contribution >= 0.6 is 27.3 Å². The number of hydrogen-bond acceptors (Lipinski definition) is 4. The highest BCUT2D eigenvalue weighted by atomic mass is 79.9. The van der Waals surface area contributed by atoms with Crippen molar-refractivity contribution in [2.45, 2.75) is 17.7 Å². The molecule has 30 heavy (non-hydrogen) atoms. The quantitative estimate of drug-likeness (QED) is 0.538. The maximum atomic E-state index is 13.2. The number of piperidine rings is 1. The van der Waals surface area contributed by atoms with E-state index < -0.39 is 21.8 Å². The molecule has 6 nitrogen and oxygen atoms in total. The summed E-state index contributed by atoms with van der Waals surface area (Å²) in [6, 6.07) is 10.6. The van der Waals surface area contributed by atoms with Crippen LogP contribution in [0.2, 0.25) is 0 Å². The minimum Gasteiger partial charge on any atom is -0.319 e. The molecule has 1 unspecified atom stereocenters. The van der Waals surface area contributed by atoms with E-state index >= 15 is 0 Å². The summed E-state index contributed by atoms with van der Waals surface area (Å²) in [6.07, 6.45) is 1.15. The van der Waals surface area contributed by atoms with Gasteiger partial charge >= 0.3 is 0 Å². The van der Waals surface area contributed by atoms with Gasteiger partial charge in [-0.05, 0) is 55.3 Å². The van der Waals surface area contributed by atoms with Crippen molar-refractivity contribution in [1.29, 1.82) is 0 Å². The molecule has 1 amide bonds. The van der Waals surface area contributed by atoms with Gasteiger partial charge in [0.1, 0.15) is 5.82 Å². The largest absolute Gasteiger partial charge is 0.319 e. The van der Waals surface area contributed by atoms with Gasteiger partial charge in [-0.15, -0.1) is 0 Å². The number of halogens is 2. The van der Waals surface area contributed by atoms with Gasteiger partial charge in [0.15, 0.2) is 4.80 Å². The minimum absolute atomic E-state index is 0.0235. The monoisotopic (exact) mass is 511 g/mol. The van der Waals surface area contributed by atoms with Crippen LogP contribution in [0.4, 0.5) is 4.39 Å². The van der Waals surface area contributed by atoms with Crippen molar-refractivity contribution in [3.8, 4) is 0 Å². The van der Waals surface area contributed by atoms with E-state index in [1.807, 2.05) is 29.8 Å². The first kappa shape index (κ1) is 21.4. The second kappa shape index (κ2) is 8.33. The number of rotatable bonds is 3. The zero-order valence-electron chi connectivity index (χ0n) is 16.1. The van der Waals surface area contributed by atoms with Gasteiger partial charge in [-0.1, -0.05) is 27.3 Å². The third-order valence-electron chi connectivity index (χ3n) is 5.16. The summed E-state index contributed by atoms with van der Waals surface area (Å²) in [7, 11) is -1.93. The van der Waals surface area contributed by atoms with Crippen LogP contribution in [0.3, 0.4) is 0 Å². The number of thiazole rings is 1. The van der Waals surface area contributed by atoms with Crippen LogP contribution in [0.5, 0.6) is 0 Å². The van der Waals surface area contributed by atoms with Gasteiger partial charge in [0.05, 0.1) is 21.0 Å². The molecule has 0 saturated carbocycles. The molecule has 1 saturated heterocycles. The Bertz CT molecular complexity index is 1280. The lowest BCUT2D eigenvalue weighted by Crippen LogP contribution is -2.42. The molecular formula is C20H19BrFN3O3S2. The summed E-state index contributed by atoms with van der Waals surface area (Å²) in [5.74, 6) is -1.33. The maximum Gasteiger partial charge on any atom is 0.252 e. The van der Waals surface area contributed by atoms with Crippen molar-refractivity contribution in [2.75, 3.05) is 13.1 Å². The molecular weight excluding hydrogens is 493 g/mol. The van der Waals surface area contributed by atoms with Crippen molar-refractivity contribution >= 4 is 53.4 Å². The number of fused-ring (bicyclic) bond motifs is 1. The van der Waals surface area contributed by atoms with Crippen molar-refractivity contribution in [3.63, 3.8) is 0 Å². The van der Waals surface area contributed by atoms with Gasteiger partial charge in [-0.2, -0.15) is 9.30 Å². The van der Waals surface area contributed by atoms with Gasteiger partial charge < -0.3 is 4.57 Å². The van der Waals surface area contributed by atoms with Crippen molar-refractivity contribution < 1.29 is 17.6 Å². The van der Waals surface area contributed by atoms with Crippen LogP contribution in [-0.2, 0) is 21.9 Å². The minimum atomic E-state index is -3.79. The van der Waals surface area contributed by atoms with Crippen molar-refractivity contribution in [2.24, 2.45) is 18.0 Å². The summed E-state index contributed by atoms with van der Waals surface area (Å²) in [4.78, 5) is 17.8. The number of aromatic nitrogens is 1. The smallest absolute Gasteiger partial charge is 0.252 e. The SMILES string of the molecule is Cn1c(=NC(=O)C2CCCN(S(=O)(=O)c3ccc(F)cc3)C2)sc2cc(Br)ccc21. The van der Waals surface area contributed by atoms with Crippen LogP contribution in [0.1, 0.15) is 12.8 Å². The molecule has 2 heterocycles. The molecule has 1 aliphatic heterocycles. The number of benzene rings is 2. The fraction of sp³-hybridized carbons (Fsp3) is 0.300. The highest BCUT2D eigenvalue weighted by molar-refractivity contribution is 9.10. The van der Waals surface area contributed by atoms with Crippen molar-refractivity contribution in [3.05, 3.63) is 57.6 Å². The Balaban J connectivity index is 1.59. The number of hydrogen-bond donors (Lipinski definition) is 0. The fourth-order valence-electron chi connectivity index (χ4n) is 3.52. The Morgan fingerprint density at radius 2 is 1.97 bits per heavy atom. The third kappa shape index (κ3) is 4.14. The second-order valence-electron chi connectivity index (χ2n) is 7.16. The first-order valence-electron chi connectivity index (χ1n) is 9.35. The molecule has 0 aliphatic carbocycles. The standard InChI is InChI=1S/C20H19BrFN3O3S2/c1-24-17-9-4-14(21)11-18(17)29-20(24)23-19(26)13-3-2-10-25(12-13)30(27,28)16-7-5-15(22)6-8-16/h4-9,11,13H,2-3,10,12H2,1H3. The van der Waals surface area contributed by atoms with Crippen LogP contribution < -0.4 is 4.80 Å². The summed E-state index contributed by atoms with van der Waals surface area (Å²) < 4.78 is 44.0. The molecule has 10 heteroatoms. The average Bonchev–Trinajstić information content (AvgIpc) is 3.03. The molecule has 1 fully saturated rings. The summed E-state index contributed by atoms with van der Waals surface area (Å²) in [5, 5.41) is 0. The summed E-state index contributed by atoms with van der Waals surface area (Å²) >= 11 is 4.86. The van der Waals surface area contributed by atoms with Gasteiger partial charge in [-0.25, -0.2) is 12.8 Å². The lowest BCUT2D eigenvalue weighted by molar-refractivity contribution is -0.122. The zero-order valence-corrected chi connectivity index (χ0v) is 19.3. The molecule has 1 aliphatic rings. The molecule has 0 spiro atoms. The van der Waals surface area contributed by atoms with Crippen LogP contribution in [0.15, 0.2) is 56.8 Å². The van der Waals surface area contributed by atoms with E-state index in [-0.39, 0.29) is 17.3 Å². The second-order valence-corrected chi connectivity index (χ2v) is 11.0. The van der Waals surface area contributed by atoms with Crippen molar-refractivity contribution in [1.82, 2.24) is 8.87 Å². The lowest BCUT2D eigenvalue weighted by atomic mass is 9.99. The van der Waals surface area contributed by atoms with E-state index in [0.717, 1.165) is 26.8 Å². The van der Waals surface area contributed by atoms with Crippen LogP contribution in [0.25, 0.3) is 10.2 Å². The first-order chi connectivity index (χ1) is 14.3. The summed E-state index contributed by atoms with van der Waals surface area (Å²) in [5.41, 5.74) is 0.971. The number of carbonyl (C=O) groups is 1. The molecule has 3 aromatic rings. The first-order valence-corrected chi connectivity index (χ1v) is 12.4.